The number of aromatic nitrogens is 3. The van der Waals surface area contributed by atoms with Gasteiger partial charge in [0.1, 0.15) is 11.4 Å². The van der Waals surface area contributed by atoms with Gasteiger partial charge >= 0.3 is 5.97 Å². The zero-order valence-corrected chi connectivity index (χ0v) is 26.0. The molecule has 12 nitrogen and oxygen atoms in total. The van der Waals surface area contributed by atoms with Crippen LogP contribution in [0, 0.1) is 32.4 Å². The van der Waals surface area contributed by atoms with E-state index in [9.17, 15) is 27.9 Å². The highest BCUT2D eigenvalue weighted by Gasteiger charge is 2.31. The lowest BCUT2D eigenvalue weighted by Crippen LogP contribution is -2.49. The fourth-order valence-corrected chi connectivity index (χ4v) is 6.50. The minimum absolute atomic E-state index is 0.154. The van der Waals surface area contributed by atoms with E-state index < -0.39 is 63.4 Å². The Kier molecular flexibility index (Phi) is 8.79. The number of aromatic amines is 1. The number of thiol groups is 1. The van der Waals surface area contributed by atoms with Gasteiger partial charge < -0.3 is 25.3 Å². The summed E-state index contributed by atoms with van der Waals surface area (Å²) in [5, 5.41) is 14.7. The number of carbonyl (C=O) groups is 2. The number of pyridine rings is 1. The molecule has 5 rings (SSSR count). The van der Waals surface area contributed by atoms with Gasteiger partial charge in [-0.1, -0.05) is 29.8 Å². The number of carboxylic acid groups (broad SMARTS) is 1. The first-order valence-electron chi connectivity index (χ1n) is 14.0. The molecular weight excluding hydrogens is 622 g/mol. The van der Waals surface area contributed by atoms with Gasteiger partial charge in [0.25, 0.3) is 5.91 Å². The van der Waals surface area contributed by atoms with Crippen molar-refractivity contribution in [1.82, 2.24) is 19.9 Å². The van der Waals surface area contributed by atoms with E-state index >= 15 is 8.78 Å². The van der Waals surface area contributed by atoms with Crippen molar-refractivity contribution in [2.24, 2.45) is 7.05 Å². The second-order valence-corrected chi connectivity index (χ2v) is 11.8. The zero-order chi connectivity index (χ0) is 33.4. The number of imidazole rings is 1. The molecule has 46 heavy (non-hydrogen) atoms. The summed E-state index contributed by atoms with van der Waals surface area (Å²) in [6, 6.07) is 9.64. The van der Waals surface area contributed by atoms with E-state index in [2.05, 4.69) is 20.6 Å². The molecule has 0 spiro atoms. The lowest BCUT2D eigenvalue weighted by atomic mass is 10.0. The summed E-state index contributed by atoms with van der Waals surface area (Å²) in [6.45, 7) is 4.06. The van der Waals surface area contributed by atoms with Crippen LogP contribution in [0.2, 0.25) is 0 Å². The predicted molar refractivity (Wildman–Crippen MR) is 170 cm³/mol. The summed E-state index contributed by atoms with van der Waals surface area (Å²) in [5.41, 5.74) is 1.25. The van der Waals surface area contributed by atoms with Gasteiger partial charge in [-0.15, -0.1) is 0 Å². The highest BCUT2D eigenvalue weighted by molar-refractivity contribution is 7.74. The number of amides is 1. The molecule has 240 valence electrons. The number of carboxylic acids is 1. The second-order valence-electron chi connectivity index (χ2n) is 10.9. The molecule has 5 aromatic rings. The summed E-state index contributed by atoms with van der Waals surface area (Å²) in [5.74, 6) is -4.36. The molecule has 1 amide bonds. The number of aliphatic carboxylic acids is 1. The largest absolute Gasteiger partial charge is 0.480 e. The monoisotopic (exact) mass is 652 g/mol. The van der Waals surface area contributed by atoms with Crippen molar-refractivity contribution in [3.8, 4) is 0 Å². The molecule has 4 N–H and O–H groups in total. The van der Waals surface area contributed by atoms with Crippen molar-refractivity contribution in [3.63, 3.8) is 0 Å². The minimum atomic E-state index is -3.47. The van der Waals surface area contributed by atoms with Crippen molar-refractivity contribution < 1.29 is 31.9 Å². The van der Waals surface area contributed by atoms with Gasteiger partial charge in [-0.25, -0.2) is 27.0 Å². The molecule has 15 heteroatoms. The fraction of sp³-hybridized carbons (Fsp3) is 0.226. The topological polar surface area (TPSA) is 166 Å². The van der Waals surface area contributed by atoms with Gasteiger partial charge in [0.15, 0.2) is 11.9 Å². The highest BCUT2D eigenvalue weighted by Crippen LogP contribution is 2.29. The van der Waals surface area contributed by atoms with Crippen LogP contribution >= 0.6 is 0 Å². The SMILES string of the molecule is Cc1cc(C)c(N(C(CNC(=O)c2cn(C)c3c(F)c(CNc4nc5ccccc5[nH]4)c(F)cc3c2=O)C(=O)O)[SH](=O)=O)c(C)c1. The number of benzene rings is 3. The number of para-hydroxylation sites is 2. The molecule has 0 radical (unpaired) electrons. The number of nitrogens with zero attached hydrogens (tertiary/aromatic N) is 3. The maximum atomic E-state index is 15.7. The molecule has 2 heterocycles. The standard InChI is InChI=1S/C31H30F2N6O6S/c1-15-9-16(2)26(17(3)10-15)39(46(44)45)24(30(42)43)13-34-29(41)20-14-38(4)27-18(28(20)40)11-21(32)19(25(27)33)12-35-31-36-22-7-5-6-8-23(22)37-31/h5-11,14,24,46H,12-13H2,1-4H3,(H,34,41)(H,42,43)(H2,35,36,37). The number of rotatable bonds is 10. The minimum Gasteiger partial charge on any atom is -0.480 e. The van der Waals surface area contributed by atoms with Crippen molar-refractivity contribution >= 4 is 56.3 Å². The number of halogens is 2. The quantitative estimate of drug-likeness (QED) is 0.143. The van der Waals surface area contributed by atoms with E-state index in [1.54, 1.807) is 44.2 Å². The molecular formula is C31H30F2N6O6S. The summed E-state index contributed by atoms with van der Waals surface area (Å²) in [6.07, 6.45) is 1.05. The summed E-state index contributed by atoms with van der Waals surface area (Å²) in [7, 11) is -2.10. The van der Waals surface area contributed by atoms with Crippen LogP contribution in [-0.4, -0.2) is 52.5 Å². The molecule has 0 saturated heterocycles. The molecule has 1 atom stereocenters. The molecule has 2 aromatic heterocycles. The lowest BCUT2D eigenvalue weighted by Gasteiger charge is -2.28. The molecule has 0 saturated carbocycles. The van der Waals surface area contributed by atoms with Crippen molar-refractivity contribution in [2.45, 2.75) is 33.4 Å². The van der Waals surface area contributed by atoms with E-state index in [0.29, 0.717) is 20.9 Å². The second kappa shape index (κ2) is 12.6. The maximum absolute atomic E-state index is 15.7. The summed E-state index contributed by atoms with van der Waals surface area (Å²) in [4.78, 5) is 46.0. The number of hydrogen-bond acceptors (Lipinski definition) is 7. The molecule has 1 unspecified atom stereocenters. The Bertz CT molecular complexity index is 2110. The Balaban J connectivity index is 1.42. The molecule has 3 aromatic carbocycles. The van der Waals surface area contributed by atoms with Crippen molar-refractivity contribution in [3.05, 3.63) is 98.3 Å². The van der Waals surface area contributed by atoms with Gasteiger partial charge in [-0.05, 0) is 50.1 Å². The third-order valence-corrected chi connectivity index (χ3v) is 8.43. The summed E-state index contributed by atoms with van der Waals surface area (Å²) >= 11 is 0. The van der Waals surface area contributed by atoms with E-state index in [0.717, 1.165) is 27.9 Å². The number of nitrogens with one attached hydrogen (secondary N) is 3. The maximum Gasteiger partial charge on any atom is 0.329 e. The van der Waals surface area contributed by atoms with E-state index in [1.807, 2.05) is 13.0 Å². The Morgan fingerprint density at radius 1 is 1.11 bits per heavy atom. The van der Waals surface area contributed by atoms with Crippen molar-refractivity contribution in [1.29, 1.82) is 0 Å². The van der Waals surface area contributed by atoms with Crippen LogP contribution < -0.4 is 20.4 Å². The number of fused-ring (bicyclic) bond motifs is 2. The van der Waals surface area contributed by atoms with Crippen LogP contribution in [0.1, 0.15) is 32.6 Å². The van der Waals surface area contributed by atoms with E-state index in [4.69, 9.17) is 0 Å². The number of carbonyl (C=O) groups excluding carboxylic acids is 1. The Morgan fingerprint density at radius 2 is 1.78 bits per heavy atom. The van der Waals surface area contributed by atoms with E-state index in [1.165, 1.54) is 7.05 Å². The number of anilines is 2. The van der Waals surface area contributed by atoms with Gasteiger partial charge in [0.05, 0.1) is 34.2 Å². The van der Waals surface area contributed by atoms with Gasteiger partial charge in [-0.3, -0.25) is 13.9 Å². The average molecular weight is 653 g/mol. The van der Waals surface area contributed by atoms with Crippen LogP contribution in [0.5, 0.6) is 0 Å². The normalized spacial score (nSPS) is 12.1. The van der Waals surface area contributed by atoms with Gasteiger partial charge in [-0.2, -0.15) is 0 Å². The predicted octanol–water partition coefficient (Wildman–Crippen LogP) is 3.45. The van der Waals surface area contributed by atoms with Crippen molar-refractivity contribution in [2.75, 3.05) is 16.2 Å². The first-order valence-corrected chi connectivity index (χ1v) is 15.1. The van der Waals surface area contributed by atoms with Crippen LogP contribution in [0.4, 0.5) is 20.4 Å². The first kappa shape index (κ1) is 32.1. The average Bonchev–Trinajstić information content (AvgIpc) is 3.40. The van der Waals surface area contributed by atoms with Crippen LogP contribution in [0.15, 0.2) is 53.5 Å². The Hall–Kier alpha value is -5.31. The number of hydrogen-bond donors (Lipinski definition) is 5. The fourth-order valence-electron chi connectivity index (χ4n) is 5.61. The number of H-pyrrole nitrogens is 1. The van der Waals surface area contributed by atoms with Gasteiger partial charge in [0.2, 0.25) is 22.3 Å². The smallest absolute Gasteiger partial charge is 0.329 e. The van der Waals surface area contributed by atoms with Gasteiger partial charge in [0, 0.05) is 25.4 Å². The zero-order valence-electron chi connectivity index (χ0n) is 25.1. The first-order chi connectivity index (χ1) is 21.8. The number of aryl methyl sites for hydroxylation is 4. The summed E-state index contributed by atoms with van der Waals surface area (Å²) < 4.78 is 57.3. The Labute approximate surface area is 262 Å². The molecule has 0 aliphatic carbocycles. The lowest BCUT2D eigenvalue weighted by molar-refractivity contribution is -0.138. The molecule has 0 fully saturated rings. The molecule has 0 aliphatic rings. The Morgan fingerprint density at radius 3 is 2.41 bits per heavy atom. The highest BCUT2D eigenvalue weighted by atomic mass is 32.2. The molecule has 0 bridgehead atoms. The van der Waals surface area contributed by atoms with Crippen LogP contribution in [0.3, 0.4) is 0 Å². The van der Waals surface area contributed by atoms with E-state index in [-0.39, 0.29) is 29.3 Å². The molecule has 0 aliphatic heterocycles. The third-order valence-electron chi connectivity index (χ3n) is 7.60. The third kappa shape index (κ3) is 6.00. The van der Waals surface area contributed by atoms with Crippen LogP contribution in [-0.2, 0) is 29.3 Å². The van der Waals surface area contributed by atoms with Crippen LogP contribution in [0.25, 0.3) is 21.9 Å².